The lowest BCUT2D eigenvalue weighted by atomic mass is 10.0. The largest absolute Gasteiger partial charge is 0.416 e. The summed E-state index contributed by atoms with van der Waals surface area (Å²) in [5, 5.41) is 9.78. The Balaban J connectivity index is 1.47. The van der Waals surface area contributed by atoms with E-state index in [2.05, 4.69) is 37.0 Å². The van der Waals surface area contributed by atoms with Crippen LogP contribution in [-0.4, -0.2) is 32.7 Å². The number of nitrogens with zero attached hydrogens (tertiary/aromatic N) is 1. The highest BCUT2D eigenvalue weighted by Crippen LogP contribution is 2.38. The molecule has 0 aliphatic carbocycles. The molecule has 4 rings (SSSR count). The Morgan fingerprint density at radius 1 is 1.12 bits per heavy atom. The minimum Gasteiger partial charge on any atom is -0.383 e. The van der Waals surface area contributed by atoms with Gasteiger partial charge in [-0.3, -0.25) is 9.50 Å². The molecule has 40 heavy (non-hydrogen) atoms. The summed E-state index contributed by atoms with van der Waals surface area (Å²) >= 11 is 1.40. The first-order valence-electron chi connectivity index (χ1n) is 11.2. The molecule has 0 aliphatic heterocycles. The van der Waals surface area contributed by atoms with E-state index in [-0.39, 0.29) is 19.1 Å². The summed E-state index contributed by atoms with van der Waals surface area (Å²) in [7, 11) is -2.94. The number of hydrogen-bond donors (Lipinski definition) is 5. The van der Waals surface area contributed by atoms with Crippen LogP contribution in [0.15, 0.2) is 54.0 Å². The van der Waals surface area contributed by atoms with E-state index in [0.29, 0.717) is 34.8 Å². The van der Waals surface area contributed by atoms with Crippen LogP contribution in [-0.2, 0) is 21.3 Å². The third-order valence-corrected chi connectivity index (χ3v) is 6.68. The van der Waals surface area contributed by atoms with Gasteiger partial charge in [-0.1, -0.05) is 24.0 Å². The number of nitrogens with two attached hydrogens (primary N) is 1. The van der Waals surface area contributed by atoms with Gasteiger partial charge < -0.3 is 16.4 Å². The molecule has 0 saturated carbocycles. The normalized spacial score (nSPS) is 11.3. The van der Waals surface area contributed by atoms with Crippen molar-refractivity contribution >= 4 is 55.6 Å². The molecular formula is C25H19F4N5O4S2. The molecule has 5 N–H and O–H groups in total. The van der Waals surface area contributed by atoms with Crippen LogP contribution in [0.1, 0.15) is 11.1 Å². The average molecular weight is 594 g/mol. The van der Waals surface area contributed by atoms with Crippen LogP contribution in [0.2, 0.25) is 0 Å². The number of thiophene rings is 1. The molecule has 9 nitrogen and oxygen atoms in total. The molecule has 0 spiro atoms. The maximum absolute atomic E-state index is 13.9. The zero-order valence-electron chi connectivity index (χ0n) is 20.1. The number of nitrogen functional groups attached to an aromatic ring is 1. The van der Waals surface area contributed by atoms with E-state index < -0.39 is 40.3 Å². The predicted molar refractivity (Wildman–Crippen MR) is 145 cm³/mol. The highest BCUT2D eigenvalue weighted by atomic mass is 32.2. The third-order valence-electron chi connectivity index (χ3n) is 5.33. The molecule has 0 fully saturated rings. The summed E-state index contributed by atoms with van der Waals surface area (Å²) in [6.07, 6.45) is -3.15. The van der Waals surface area contributed by atoms with Crippen LogP contribution in [0.3, 0.4) is 0 Å². The quantitative estimate of drug-likeness (QED) is 0.0684. The maximum atomic E-state index is 13.9. The monoisotopic (exact) mass is 593 g/mol. The van der Waals surface area contributed by atoms with Crippen LogP contribution >= 0.6 is 11.3 Å². The van der Waals surface area contributed by atoms with E-state index in [0.717, 1.165) is 15.8 Å². The Hall–Kier alpha value is -4.23. The van der Waals surface area contributed by atoms with E-state index in [4.69, 9.17) is 5.73 Å². The number of fused-ring (bicyclic) bond motifs is 1. The van der Waals surface area contributed by atoms with Crippen molar-refractivity contribution in [3.05, 3.63) is 71.0 Å². The number of rotatable bonds is 7. The molecule has 4 aromatic rings. The number of anilines is 3. The molecule has 0 unspecified atom stereocenters. The number of pyridine rings is 1. The molecule has 0 aliphatic rings. The van der Waals surface area contributed by atoms with Gasteiger partial charge in [0.05, 0.1) is 28.1 Å². The summed E-state index contributed by atoms with van der Waals surface area (Å²) in [4.78, 5) is 16.5. The van der Waals surface area contributed by atoms with E-state index in [1.54, 1.807) is 24.3 Å². The number of aromatic nitrogens is 1. The lowest BCUT2D eigenvalue weighted by molar-refractivity contribution is -0.137. The first-order valence-corrected chi connectivity index (χ1v) is 13.2. The van der Waals surface area contributed by atoms with E-state index in [1.807, 2.05) is 5.38 Å². The first-order chi connectivity index (χ1) is 19.0. The van der Waals surface area contributed by atoms with Crippen molar-refractivity contribution in [1.29, 1.82) is 0 Å². The van der Waals surface area contributed by atoms with Gasteiger partial charge in [-0.2, -0.15) is 13.2 Å². The fraction of sp³-hybridized carbons (Fsp3) is 0.120. The molecule has 2 aromatic heterocycles. The number of alkyl halides is 3. The molecule has 2 aromatic carbocycles. The van der Waals surface area contributed by atoms with Crippen molar-refractivity contribution < 1.29 is 35.0 Å². The van der Waals surface area contributed by atoms with Crippen molar-refractivity contribution in [3.63, 3.8) is 0 Å². The van der Waals surface area contributed by atoms with Crippen molar-refractivity contribution in [2.75, 3.05) is 29.6 Å². The first kappa shape index (κ1) is 28.8. The molecule has 0 radical (unpaired) electrons. The number of nitrogens with one attached hydrogen (secondary N) is 3. The van der Waals surface area contributed by atoms with Crippen LogP contribution < -0.4 is 21.7 Å². The van der Waals surface area contributed by atoms with E-state index in [1.165, 1.54) is 17.5 Å². The molecule has 0 saturated heterocycles. The summed E-state index contributed by atoms with van der Waals surface area (Å²) in [6, 6.07) is 7.33. The summed E-state index contributed by atoms with van der Waals surface area (Å²) in [5.41, 5.74) is 6.87. The Bertz CT molecular complexity index is 1690. The van der Waals surface area contributed by atoms with Gasteiger partial charge in [0.25, 0.3) is 11.0 Å². The van der Waals surface area contributed by atoms with E-state index >= 15 is 0 Å². The van der Waals surface area contributed by atoms with Gasteiger partial charge in [0.1, 0.15) is 18.4 Å². The highest BCUT2D eigenvalue weighted by Gasteiger charge is 2.31. The number of urea groups is 1. The number of carbonyl (C=O) groups is 1. The fourth-order valence-corrected chi connectivity index (χ4v) is 4.79. The van der Waals surface area contributed by atoms with Gasteiger partial charge in [-0.15, -0.1) is 11.3 Å². The number of benzene rings is 2. The molecule has 0 bridgehead atoms. The SMILES string of the molecule is Nc1ncc(C#CCNCO[SH](=O)=O)c2scc(-c3ccc(NC(=O)Nc4cc(C(F)(F)F)ccc4F)cc3)c12. The highest BCUT2D eigenvalue weighted by molar-refractivity contribution is 7.67. The minimum atomic E-state index is -4.69. The Kier molecular flexibility index (Phi) is 8.85. The van der Waals surface area contributed by atoms with Crippen LogP contribution in [0.25, 0.3) is 21.2 Å². The molecule has 2 heterocycles. The average Bonchev–Trinajstić information content (AvgIpc) is 3.34. The van der Waals surface area contributed by atoms with Gasteiger partial charge in [0, 0.05) is 22.8 Å². The fourth-order valence-electron chi connectivity index (χ4n) is 3.54. The third kappa shape index (κ3) is 7.04. The number of halogens is 4. The van der Waals surface area contributed by atoms with Gasteiger partial charge >= 0.3 is 12.2 Å². The lowest BCUT2D eigenvalue weighted by Crippen LogP contribution is -2.20. The number of thiol groups is 1. The second kappa shape index (κ2) is 12.3. The second-order valence-corrected chi connectivity index (χ2v) is 9.57. The van der Waals surface area contributed by atoms with Crippen molar-refractivity contribution in [2.24, 2.45) is 0 Å². The zero-order chi connectivity index (χ0) is 28.9. The van der Waals surface area contributed by atoms with Gasteiger partial charge in [0.15, 0.2) is 0 Å². The topological polar surface area (TPSA) is 135 Å². The smallest absolute Gasteiger partial charge is 0.383 e. The number of carbonyl (C=O) groups excluding carboxylic acids is 1. The van der Waals surface area contributed by atoms with Crippen molar-refractivity contribution in [3.8, 4) is 23.0 Å². The summed E-state index contributed by atoms with van der Waals surface area (Å²) < 4.78 is 78.6. The van der Waals surface area contributed by atoms with Crippen molar-refractivity contribution in [1.82, 2.24) is 10.3 Å². The molecular weight excluding hydrogens is 574 g/mol. The van der Waals surface area contributed by atoms with Crippen LogP contribution in [0.5, 0.6) is 0 Å². The Morgan fingerprint density at radius 3 is 2.58 bits per heavy atom. The van der Waals surface area contributed by atoms with Crippen LogP contribution in [0, 0.1) is 17.7 Å². The Morgan fingerprint density at radius 2 is 1.88 bits per heavy atom. The van der Waals surface area contributed by atoms with Crippen LogP contribution in [0.4, 0.5) is 39.5 Å². The molecule has 2 amide bonds. The van der Waals surface area contributed by atoms with Gasteiger partial charge in [-0.25, -0.2) is 22.6 Å². The zero-order valence-corrected chi connectivity index (χ0v) is 21.8. The van der Waals surface area contributed by atoms with Crippen molar-refractivity contribution in [2.45, 2.75) is 6.18 Å². The summed E-state index contributed by atoms with van der Waals surface area (Å²) in [6.45, 7) is -0.0176. The molecule has 0 atom stereocenters. The molecule has 15 heteroatoms. The Labute approximate surface area is 230 Å². The number of amides is 2. The maximum Gasteiger partial charge on any atom is 0.416 e. The van der Waals surface area contributed by atoms with Gasteiger partial charge in [0.2, 0.25) is 0 Å². The van der Waals surface area contributed by atoms with E-state index in [9.17, 15) is 30.8 Å². The lowest BCUT2D eigenvalue weighted by Gasteiger charge is -2.12. The standard InChI is InChI=1S/C25H19F4N5O4S2/c26-19-8-5-16(25(27,28)29)10-20(19)34-24(35)33-17-6-3-14(4-7-17)18-12-39-22-15(11-32-23(30)21(18)22)2-1-9-31-13-38-40(36)37/h3-8,10-12,31,40H,9,13H2,(H2,30,32)(H2,33,34,35). The second-order valence-electron chi connectivity index (χ2n) is 7.99. The minimum absolute atomic E-state index is 0.176. The molecule has 208 valence electrons. The number of hydrogen-bond acceptors (Lipinski definition) is 8. The summed E-state index contributed by atoms with van der Waals surface area (Å²) in [5.74, 6) is 5.09. The predicted octanol–water partition coefficient (Wildman–Crippen LogP) is 4.79. The van der Waals surface area contributed by atoms with Gasteiger partial charge in [-0.05, 0) is 41.3 Å².